The molecule has 13 heavy (non-hydrogen) atoms. The zero-order valence-electron chi connectivity index (χ0n) is 7.77. The van der Waals surface area contributed by atoms with Crippen LogP contribution >= 0.6 is 0 Å². The second-order valence-corrected chi connectivity index (χ2v) is 4.01. The van der Waals surface area contributed by atoms with Gasteiger partial charge in [0.1, 0.15) is 0 Å². The van der Waals surface area contributed by atoms with E-state index in [9.17, 15) is 13.2 Å². The Kier molecular flexibility index (Phi) is 3.22. The molecule has 1 rings (SSSR count). The normalized spacial score (nSPS) is 33.0. The highest BCUT2D eigenvalue weighted by Crippen LogP contribution is 2.39. The van der Waals surface area contributed by atoms with E-state index < -0.39 is 12.1 Å². The number of nitrogens with two attached hydrogens (primary N) is 1. The smallest absolute Gasteiger partial charge is 0.328 e. The largest absolute Gasteiger partial charge is 0.391 e. The lowest BCUT2D eigenvalue weighted by molar-refractivity contribution is -0.184. The number of halogens is 3. The molecule has 1 unspecified atom stereocenters. The Bertz CT molecular complexity index is 157. The second-order valence-electron chi connectivity index (χ2n) is 4.01. The zero-order valence-corrected chi connectivity index (χ0v) is 7.77. The van der Waals surface area contributed by atoms with E-state index in [0.717, 1.165) is 0 Å². The number of alkyl halides is 3. The van der Waals surface area contributed by atoms with Crippen molar-refractivity contribution in [3.8, 4) is 0 Å². The van der Waals surface area contributed by atoms with Crippen molar-refractivity contribution in [3.05, 3.63) is 0 Å². The molecule has 0 amide bonds. The van der Waals surface area contributed by atoms with Crippen LogP contribution in [0, 0.1) is 11.8 Å². The molecule has 2 N–H and O–H groups in total. The molecule has 0 aromatic carbocycles. The lowest BCUT2D eigenvalue weighted by Gasteiger charge is -2.31. The predicted molar refractivity (Wildman–Crippen MR) is 45.2 cm³/mol. The van der Waals surface area contributed by atoms with Gasteiger partial charge in [0.25, 0.3) is 0 Å². The van der Waals surface area contributed by atoms with Gasteiger partial charge in [-0.15, -0.1) is 0 Å². The summed E-state index contributed by atoms with van der Waals surface area (Å²) in [6, 6.07) is 0.0363. The molecule has 0 heterocycles. The molecule has 0 radical (unpaired) electrons. The van der Waals surface area contributed by atoms with Crippen LogP contribution in [-0.2, 0) is 0 Å². The summed E-state index contributed by atoms with van der Waals surface area (Å²) in [5.74, 6) is -0.791. The minimum atomic E-state index is -4.00. The lowest BCUT2D eigenvalue weighted by Crippen LogP contribution is -2.34. The van der Waals surface area contributed by atoms with Crippen LogP contribution in [0.15, 0.2) is 0 Å². The Hall–Kier alpha value is -0.250. The van der Waals surface area contributed by atoms with E-state index in [1.54, 1.807) is 0 Å². The Balaban J connectivity index is 2.39. The van der Waals surface area contributed by atoms with Gasteiger partial charge in [0, 0.05) is 6.04 Å². The van der Waals surface area contributed by atoms with Gasteiger partial charge < -0.3 is 5.73 Å². The number of rotatable bonds is 1. The van der Waals surface area contributed by atoms with Gasteiger partial charge in [-0.25, -0.2) is 0 Å². The van der Waals surface area contributed by atoms with E-state index in [1.807, 2.05) is 6.92 Å². The Morgan fingerprint density at radius 3 is 1.92 bits per heavy atom. The van der Waals surface area contributed by atoms with Crippen LogP contribution in [0.4, 0.5) is 13.2 Å². The fraction of sp³-hybridized carbons (Fsp3) is 1.00. The molecule has 1 aliphatic rings. The summed E-state index contributed by atoms with van der Waals surface area (Å²) in [4.78, 5) is 0. The standard InChI is InChI=1S/C9H16F3N/c1-6(13)7-2-4-8(5-3-7)9(10,11)12/h6-8H,2-5,13H2,1H3. The second kappa shape index (κ2) is 3.86. The molecule has 1 nitrogen and oxygen atoms in total. The molecule has 0 saturated heterocycles. The van der Waals surface area contributed by atoms with Crippen molar-refractivity contribution in [1.29, 1.82) is 0 Å². The van der Waals surface area contributed by atoms with Crippen LogP contribution < -0.4 is 5.73 Å². The number of hydrogen-bond donors (Lipinski definition) is 1. The Labute approximate surface area is 76.5 Å². The average molecular weight is 195 g/mol. The molecule has 1 saturated carbocycles. The molecule has 1 atom stereocenters. The molecule has 0 aliphatic heterocycles. The van der Waals surface area contributed by atoms with Crippen molar-refractivity contribution in [2.45, 2.75) is 44.8 Å². The van der Waals surface area contributed by atoms with Crippen molar-refractivity contribution in [3.63, 3.8) is 0 Å². The molecule has 78 valence electrons. The van der Waals surface area contributed by atoms with Crippen LogP contribution in [0.5, 0.6) is 0 Å². The molecule has 4 heteroatoms. The third-order valence-corrected chi connectivity index (χ3v) is 2.98. The highest BCUT2D eigenvalue weighted by Gasteiger charge is 2.41. The van der Waals surface area contributed by atoms with E-state index >= 15 is 0 Å². The van der Waals surface area contributed by atoms with Crippen LogP contribution in [0.1, 0.15) is 32.6 Å². The van der Waals surface area contributed by atoms with Gasteiger partial charge in [-0.2, -0.15) is 13.2 Å². The van der Waals surface area contributed by atoms with Crippen LogP contribution in [-0.4, -0.2) is 12.2 Å². The summed E-state index contributed by atoms with van der Waals surface area (Å²) >= 11 is 0. The molecule has 0 aromatic rings. The summed E-state index contributed by atoms with van der Waals surface area (Å²) in [5.41, 5.74) is 5.64. The predicted octanol–water partition coefficient (Wildman–Crippen LogP) is 2.70. The van der Waals surface area contributed by atoms with Gasteiger partial charge in [-0.05, 0) is 38.5 Å². The Morgan fingerprint density at radius 1 is 1.15 bits per heavy atom. The lowest BCUT2D eigenvalue weighted by atomic mass is 9.79. The average Bonchev–Trinajstić information content (AvgIpc) is 2.03. The third kappa shape index (κ3) is 2.86. The summed E-state index contributed by atoms with van der Waals surface area (Å²) in [6.45, 7) is 1.87. The van der Waals surface area contributed by atoms with E-state index in [1.165, 1.54) is 0 Å². The molecule has 1 aliphatic carbocycles. The molecule has 0 bridgehead atoms. The molecule has 1 fully saturated rings. The van der Waals surface area contributed by atoms with E-state index in [2.05, 4.69) is 0 Å². The SMILES string of the molecule is CC(N)C1CCC(C(F)(F)F)CC1. The van der Waals surface area contributed by atoms with Gasteiger partial charge in [-0.1, -0.05) is 0 Å². The number of hydrogen-bond acceptors (Lipinski definition) is 1. The summed E-state index contributed by atoms with van der Waals surface area (Å²) < 4.78 is 36.7. The van der Waals surface area contributed by atoms with Crippen LogP contribution in [0.3, 0.4) is 0 Å². The Morgan fingerprint density at radius 2 is 1.62 bits per heavy atom. The van der Waals surface area contributed by atoms with Crippen molar-refractivity contribution >= 4 is 0 Å². The van der Waals surface area contributed by atoms with Crippen LogP contribution in [0.25, 0.3) is 0 Å². The minimum absolute atomic E-state index is 0.0363. The maximum atomic E-state index is 12.2. The molecule has 0 spiro atoms. The monoisotopic (exact) mass is 195 g/mol. The van der Waals surface area contributed by atoms with Gasteiger partial charge in [0.2, 0.25) is 0 Å². The van der Waals surface area contributed by atoms with Crippen LogP contribution in [0.2, 0.25) is 0 Å². The fourth-order valence-electron chi connectivity index (χ4n) is 1.97. The maximum absolute atomic E-state index is 12.2. The van der Waals surface area contributed by atoms with Gasteiger partial charge in [-0.3, -0.25) is 0 Å². The molecule has 0 aromatic heterocycles. The first kappa shape index (κ1) is 10.8. The summed E-state index contributed by atoms with van der Waals surface area (Å²) in [7, 11) is 0. The first-order valence-electron chi connectivity index (χ1n) is 4.73. The molecular formula is C9H16F3N. The van der Waals surface area contributed by atoms with Gasteiger partial charge in [0.05, 0.1) is 5.92 Å². The van der Waals surface area contributed by atoms with Gasteiger partial charge in [0.15, 0.2) is 0 Å². The van der Waals surface area contributed by atoms with Crippen molar-refractivity contribution in [2.75, 3.05) is 0 Å². The third-order valence-electron chi connectivity index (χ3n) is 2.98. The van der Waals surface area contributed by atoms with Crippen molar-refractivity contribution in [2.24, 2.45) is 17.6 Å². The van der Waals surface area contributed by atoms with Crippen molar-refractivity contribution in [1.82, 2.24) is 0 Å². The first-order valence-corrected chi connectivity index (χ1v) is 4.73. The molecular weight excluding hydrogens is 179 g/mol. The highest BCUT2D eigenvalue weighted by molar-refractivity contribution is 4.80. The van der Waals surface area contributed by atoms with E-state index in [-0.39, 0.29) is 18.9 Å². The minimum Gasteiger partial charge on any atom is -0.328 e. The maximum Gasteiger partial charge on any atom is 0.391 e. The summed E-state index contributed by atoms with van der Waals surface area (Å²) in [6.07, 6.45) is -2.22. The first-order chi connectivity index (χ1) is 5.91. The highest BCUT2D eigenvalue weighted by atomic mass is 19.4. The quantitative estimate of drug-likeness (QED) is 0.684. The van der Waals surface area contributed by atoms with E-state index in [4.69, 9.17) is 5.73 Å². The fourth-order valence-corrected chi connectivity index (χ4v) is 1.97. The van der Waals surface area contributed by atoms with Gasteiger partial charge >= 0.3 is 6.18 Å². The van der Waals surface area contributed by atoms with Crippen molar-refractivity contribution < 1.29 is 13.2 Å². The zero-order chi connectivity index (χ0) is 10.1. The topological polar surface area (TPSA) is 26.0 Å². The van der Waals surface area contributed by atoms with E-state index in [0.29, 0.717) is 18.8 Å². The summed E-state index contributed by atoms with van der Waals surface area (Å²) in [5, 5.41) is 0.